The Morgan fingerprint density at radius 3 is 2.29 bits per heavy atom. The molecule has 0 fully saturated rings. The van der Waals surface area contributed by atoms with E-state index in [-0.39, 0.29) is 0 Å². The van der Waals surface area contributed by atoms with Gasteiger partial charge in [-0.25, -0.2) is 0 Å². The fourth-order valence-electron chi connectivity index (χ4n) is 4.53. The van der Waals surface area contributed by atoms with E-state index in [1.165, 1.54) is 35.6 Å². The molecule has 1 aliphatic carbocycles. The second-order valence-electron chi connectivity index (χ2n) is 7.80. The molecule has 0 spiro atoms. The van der Waals surface area contributed by atoms with Crippen molar-refractivity contribution in [2.45, 2.75) is 59.5 Å². The number of hydrogen-bond acceptors (Lipinski definition) is 0. The van der Waals surface area contributed by atoms with Gasteiger partial charge >= 0.3 is 0 Å². The number of aryl methyl sites for hydroxylation is 2. The summed E-state index contributed by atoms with van der Waals surface area (Å²) in [7, 11) is -1.71. The summed E-state index contributed by atoms with van der Waals surface area (Å²) in [5.41, 5.74) is 7.50. The number of allylic oxidation sites excluding steroid dienone is 1. The molecular formula is C23H30Si. The summed E-state index contributed by atoms with van der Waals surface area (Å²) in [5.74, 6) is 0. The summed E-state index contributed by atoms with van der Waals surface area (Å²) in [4.78, 5) is 0. The Hall–Kier alpha value is -1.60. The zero-order valence-corrected chi connectivity index (χ0v) is 16.9. The molecule has 0 saturated carbocycles. The van der Waals surface area contributed by atoms with E-state index in [1.807, 2.05) is 0 Å². The molecule has 126 valence electrons. The summed E-state index contributed by atoms with van der Waals surface area (Å²) in [5, 5.41) is 3.34. The van der Waals surface area contributed by atoms with Crippen molar-refractivity contribution in [3.63, 3.8) is 0 Å². The molecule has 0 bridgehead atoms. The maximum absolute atomic E-state index is 2.61. The highest BCUT2D eigenvalue weighted by atomic mass is 28.3. The summed E-state index contributed by atoms with van der Waals surface area (Å²) >= 11 is 0. The number of hydrogen-bond donors (Lipinski definition) is 0. The number of benzene rings is 2. The van der Waals surface area contributed by atoms with Crippen LogP contribution >= 0.6 is 0 Å². The predicted molar refractivity (Wildman–Crippen MR) is 110 cm³/mol. The van der Waals surface area contributed by atoms with Crippen LogP contribution in [0.2, 0.25) is 12.6 Å². The van der Waals surface area contributed by atoms with Gasteiger partial charge in [-0.2, -0.15) is 0 Å². The van der Waals surface area contributed by atoms with Crippen LogP contribution in [0.3, 0.4) is 0 Å². The lowest BCUT2D eigenvalue weighted by Gasteiger charge is -2.32. The van der Waals surface area contributed by atoms with E-state index in [2.05, 4.69) is 76.7 Å². The Morgan fingerprint density at radius 2 is 1.62 bits per heavy atom. The van der Waals surface area contributed by atoms with E-state index >= 15 is 0 Å². The van der Waals surface area contributed by atoms with Crippen LogP contribution in [0.15, 0.2) is 48.0 Å². The lowest BCUT2D eigenvalue weighted by atomic mass is 10.1. The predicted octanol–water partition coefficient (Wildman–Crippen LogP) is 5.96. The fraction of sp³-hybridized carbons (Fsp3) is 0.391. The molecule has 2 aromatic rings. The lowest BCUT2D eigenvalue weighted by Crippen LogP contribution is -2.46. The highest BCUT2D eigenvalue weighted by Gasteiger charge is 2.38. The summed E-state index contributed by atoms with van der Waals surface area (Å²) in [6.45, 7) is 11.8. The maximum Gasteiger partial charge on any atom is 0.115 e. The molecule has 0 amide bonds. The van der Waals surface area contributed by atoms with Crippen LogP contribution in [-0.4, -0.2) is 8.07 Å². The lowest BCUT2D eigenvalue weighted by molar-refractivity contribution is 0.872. The standard InChI is InChI=1S/C23H30Si/c1-6-7-12-24(5,21-14-17(2)13-18(3)15-21)23-19(4)16-20-10-8-9-11-22(20)23/h8-11,13-15H,6-7,12,16H2,1-5H3. The first-order chi connectivity index (χ1) is 11.5. The van der Waals surface area contributed by atoms with Crippen molar-refractivity contribution in [2.75, 3.05) is 0 Å². The minimum atomic E-state index is -1.71. The number of unbranched alkanes of at least 4 members (excludes halogenated alkanes) is 1. The largest absolute Gasteiger partial charge is 0.115 e. The van der Waals surface area contributed by atoms with Crippen molar-refractivity contribution in [3.8, 4) is 0 Å². The number of rotatable bonds is 5. The van der Waals surface area contributed by atoms with Gasteiger partial charge in [-0.05, 0) is 49.6 Å². The molecule has 1 atom stereocenters. The minimum absolute atomic E-state index is 1.14. The topological polar surface area (TPSA) is 0 Å². The molecule has 0 aliphatic heterocycles. The molecule has 3 rings (SSSR count). The second kappa shape index (κ2) is 6.72. The Balaban J connectivity index is 2.18. The summed E-state index contributed by atoms with van der Waals surface area (Å²) in [6.07, 6.45) is 3.75. The summed E-state index contributed by atoms with van der Waals surface area (Å²) < 4.78 is 0. The quantitative estimate of drug-likeness (QED) is 0.592. The van der Waals surface area contributed by atoms with Crippen LogP contribution < -0.4 is 5.19 Å². The van der Waals surface area contributed by atoms with Gasteiger partial charge in [-0.15, -0.1) is 0 Å². The van der Waals surface area contributed by atoms with Crippen molar-refractivity contribution in [3.05, 3.63) is 70.3 Å². The molecule has 2 aromatic carbocycles. The van der Waals surface area contributed by atoms with Gasteiger partial charge in [0, 0.05) is 0 Å². The Kier molecular flexibility index (Phi) is 4.82. The highest BCUT2D eigenvalue weighted by molar-refractivity contribution is 7.05. The van der Waals surface area contributed by atoms with Crippen LogP contribution in [0.5, 0.6) is 0 Å². The maximum atomic E-state index is 2.61. The smallest absolute Gasteiger partial charge is 0.0686 e. The SMILES string of the molecule is CCCC[Si](C)(C1=C(C)Cc2ccccc21)c1cc(C)cc(C)c1. The highest BCUT2D eigenvalue weighted by Crippen LogP contribution is 2.41. The van der Waals surface area contributed by atoms with Crippen LogP contribution in [-0.2, 0) is 6.42 Å². The minimum Gasteiger partial charge on any atom is -0.0686 e. The van der Waals surface area contributed by atoms with Crippen molar-refractivity contribution >= 4 is 18.5 Å². The molecule has 24 heavy (non-hydrogen) atoms. The molecule has 0 radical (unpaired) electrons. The molecule has 0 nitrogen and oxygen atoms in total. The molecule has 0 heterocycles. The van der Waals surface area contributed by atoms with Crippen LogP contribution in [0.4, 0.5) is 0 Å². The Bertz CT molecular complexity index is 764. The molecule has 1 aliphatic rings. The van der Waals surface area contributed by atoms with E-state index in [0.717, 1.165) is 6.42 Å². The van der Waals surface area contributed by atoms with Gasteiger partial charge in [0.15, 0.2) is 0 Å². The van der Waals surface area contributed by atoms with Gasteiger partial charge in [0.2, 0.25) is 0 Å². The molecule has 0 saturated heterocycles. The van der Waals surface area contributed by atoms with E-state index < -0.39 is 8.07 Å². The monoisotopic (exact) mass is 334 g/mol. The first-order valence-electron chi connectivity index (χ1n) is 9.33. The van der Waals surface area contributed by atoms with E-state index in [9.17, 15) is 0 Å². The average Bonchev–Trinajstić information content (AvgIpc) is 2.88. The zero-order valence-electron chi connectivity index (χ0n) is 15.9. The van der Waals surface area contributed by atoms with E-state index in [1.54, 1.807) is 21.5 Å². The van der Waals surface area contributed by atoms with Crippen molar-refractivity contribution in [2.24, 2.45) is 0 Å². The molecule has 0 aromatic heterocycles. The normalized spacial score (nSPS) is 16.2. The van der Waals surface area contributed by atoms with Crippen LogP contribution in [0, 0.1) is 13.8 Å². The van der Waals surface area contributed by atoms with Gasteiger partial charge in [0.25, 0.3) is 0 Å². The zero-order chi connectivity index (χ0) is 17.3. The van der Waals surface area contributed by atoms with Crippen LogP contribution in [0.25, 0.3) is 5.20 Å². The molecule has 1 unspecified atom stereocenters. The fourth-order valence-corrected chi connectivity index (χ4v) is 9.38. The third-order valence-electron chi connectivity index (χ3n) is 5.61. The van der Waals surface area contributed by atoms with Gasteiger partial charge in [-0.3, -0.25) is 0 Å². The first kappa shape index (κ1) is 17.2. The van der Waals surface area contributed by atoms with E-state index in [4.69, 9.17) is 0 Å². The molecular weight excluding hydrogens is 304 g/mol. The third kappa shape index (κ3) is 3.02. The molecule has 0 N–H and O–H groups in total. The van der Waals surface area contributed by atoms with Gasteiger partial charge in [0.05, 0.1) is 0 Å². The number of fused-ring (bicyclic) bond motifs is 1. The van der Waals surface area contributed by atoms with Gasteiger partial charge in [-0.1, -0.05) is 90.7 Å². The van der Waals surface area contributed by atoms with Crippen molar-refractivity contribution in [1.82, 2.24) is 0 Å². The third-order valence-corrected chi connectivity index (χ3v) is 10.3. The van der Waals surface area contributed by atoms with Crippen molar-refractivity contribution in [1.29, 1.82) is 0 Å². The van der Waals surface area contributed by atoms with E-state index in [0.29, 0.717) is 0 Å². The Labute approximate surface area is 148 Å². The second-order valence-corrected chi connectivity index (χ2v) is 12.0. The first-order valence-corrected chi connectivity index (χ1v) is 12.0. The van der Waals surface area contributed by atoms with Crippen molar-refractivity contribution < 1.29 is 0 Å². The Morgan fingerprint density at radius 1 is 0.958 bits per heavy atom. The summed E-state index contributed by atoms with van der Waals surface area (Å²) in [6, 6.07) is 17.7. The van der Waals surface area contributed by atoms with Gasteiger partial charge < -0.3 is 0 Å². The van der Waals surface area contributed by atoms with Crippen LogP contribution in [0.1, 0.15) is 48.9 Å². The molecule has 1 heteroatoms. The van der Waals surface area contributed by atoms with Gasteiger partial charge in [0.1, 0.15) is 8.07 Å². The average molecular weight is 335 g/mol.